The Hall–Kier alpha value is -0.840. The summed E-state index contributed by atoms with van der Waals surface area (Å²) in [4.78, 5) is 11.9. The Kier molecular flexibility index (Phi) is 6.07. The number of halogens is 5. The molecule has 0 saturated heterocycles. The summed E-state index contributed by atoms with van der Waals surface area (Å²) in [5.41, 5.74) is 1.06. The first-order chi connectivity index (χ1) is 10.4. The Morgan fingerprint density at radius 2 is 1.45 bits per heavy atom. The monoisotopic (exact) mass is 396 g/mol. The highest BCUT2D eigenvalue weighted by molar-refractivity contribution is 6.44. The first kappa shape index (κ1) is 17.5. The zero-order valence-electron chi connectivity index (χ0n) is 10.9. The summed E-state index contributed by atoms with van der Waals surface area (Å²) in [7, 11) is 0. The Morgan fingerprint density at radius 3 is 2.14 bits per heavy atom. The van der Waals surface area contributed by atoms with Crippen LogP contribution in [-0.4, -0.2) is 12.5 Å². The van der Waals surface area contributed by atoms with Gasteiger partial charge >= 0.3 is 0 Å². The molecular weight excluding hydrogens is 389 g/mol. The van der Waals surface area contributed by atoms with Crippen LogP contribution in [0, 0.1) is 0 Å². The number of hydrogen-bond acceptors (Lipinski definition) is 2. The van der Waals surface area contributed by atoms with E-state index in [4.69, 9.17) is 58.0 Å². The summed E-state index contributed by atoms with van der Waals surface area (Å²) in [5, 5.41) is 7.33. The molecule has 0 fully saturated rings. The lowest BCUT2D eigenvalue weighted by atomic mass is 10.3. The second-order valence-electron chi connectivity index (χ2n) is 4.28. The molecule has 0 heterocycles. The standard InChI is InChI=1S/C14H9Cl5N2O/c15-8-2-1-7(3-9(8)16)20-6-14(22)21-13-5-11(18)10(17)4-12(13)19/h1-5,20H,6H2,(H,21,22). The average molecular weight is 399 g/mol. The molecule has 22 heavy (non-hydrogen) atoms. The molecule has 0 radical (unpaired) electrons. The van der Waals surface area contributed by atoms with Gasteiger partial charge in [-0.3, -0.25) is 4.79 Å². The van der Waals surface area contributed by atoms with E-state index in [-0.39, 0.29) is 12.5 Å². The van der Waals surface area contributed by atoms with E-state index in [1.54, 1.807) is 18.2 Å². The van der Waals surface area contributed by atoms with Gasteiger partial charge in [0.15, 0.2) is 0 Å². The second kappa shape index (κ2) is 7.62. The van der Waals surface area contributed by atoms with Gasteiger partial charge in [0.25, 0.3) is 0 Å². The molecule has 3 nitrogen and oxygen atoms in total. The summed E-state index contributed by atoms with van der Waals surface area (Å²) < 4.78 is 0. The normalized spacial score (nSPS) is 10.4. The smallest absolute Gasteiger partial charge is 0.243 e. The zero-order chi connectivity index (χ0) is 16.3. The van der Waals surface area contributed by atoms with Gasteiger partial charge in [0.1, 0.15) is 0 Å². The van der Waals surface area contributed by atoms with Crippen molar-refractivity contribution in [1.29, 1.82) is 0 Å². The first-order valence-electron chi connectivity index (χ1n) is 6.00. The maximum Gasteiger partial charge on any atom is 0.243 e. The number of carbonyl (C=O) groups excluding carboxylic acids is 1. The van der Waals surface area contributed by atoms with Crippen molar-refractivity contribution >= 4 is 75.3 Å². The van der Waals surface area contributed by atoms with Crippen LogP contribution in [0.5, 0.6) is 0 Å². The highest BCUT2D eigenvalue weighted by Gasteiger charge is 2.09. The van der Waals surface area contributed by atoms with Crippen molar-refractivity contribution < 1.29 is 4.79 Å². The van der Waals surface area contributed by atoms with Crippen LogP contribution >= 0.6 is 58.0 Å². The number of carbonyl (C=O) groups is 1. The molecule has 2 rings (SSSR count). The number of rotatable bonds is 4. The second-order valence-corrected chi connectivity index (χ2v) is 6.31. The predicted octanol–water partition coefficient (Wildman–Crippen LogP) is 6.00. The fourth-order valence-corrected chi connectivity index (χ4v) is 2.49. The van der Waals surface area contributed by atoms with E-state index in [2.05, 4.69) is 10.6 Å². The predicted molar refractivity (Wildman–Crippen MR) is 95.1 cm³/mol. The average Bonchev–Trinajstić information content (AvgIpc) is 2.46. The molecule has 0 unspecified atom stereocenters. The minimum Gasteiger partial charge on any atom is -0.376 e. The van der Waals surface area contributed by atoms with E-state index in [9.17, 15) is 4.79 Å². The summed E-state index contributed by atoms with van der Waals surface area (Å²) in [6.45, 7) is 0.0224. The highest BCUT2D eigenvalue weighted by Crippen LogP contribution is 2.32. The highest BCUT2D eigenvalue weighted by atomic mass is 35.5. The van der Waals surface area contributed by atoms with E-state index in [1.165, 1.54) is 12.1 Å². The van der Waals surface area contributed by atoms with Gasteiger partial charge in [-0.1, -0.05) is 58.0 Å². The zero-order valence-corrected chi connectivity index (χ0v) is 14.7. The van der Waals surface area contributed by atoms with Gasteiger partial charge in [0, 0.05) is 5.69 Å². The van der Waals surface area contributed by atoms with Crippen molar-refractivity contribution in [3.63, 3.8) is 0 Å². The van der Waals surface area contributed by atoms with Crippen LogP contribution in [-0.2, 0) is 4.79 Å². The lowest BCUT2D eigenvalue weighted by Gasteiger charge is -2.10. The largest absolute Gasteiger partial charge is 0.376 e. The number of amides is 1. The summed E-state index contributed by atoms with van der Waals surface area (Å²) >= 11 is 29.4. The fourth-order valence-electron chi connectivity index (χ4n) is 1.60. The molecule has 116 valence electrons. The van der Waals surface area contributed by atoms with Crippen molar-refractivity contribution in [3.05, 3.63) is 55.4 Å². The van der Waals surface area contributed by atoms with E-state index < -0.39 is 0 Å². The quantitative estimate of drug-likeness (QED) is 0.620. The van der Waals surface area contributed by atoms with Crippen LogP contribution < -0.4 is 10.6 Å². The summed E-state index contributed by atoms with van der Waals surface area (Å²) in [6.07, 6.45) is 0. The van der Waals surface area contributed by atoms with Gasteiger partial charge in [0.2, 0.25) is 5.91 Å². The maximum atomic E-state index is 11.9. The maximum absolute atomic E-state index is 11.9. The SMILES string of the molecule is O=C(CNc1ccc(Cl)c(Cl)c1)Nc1cc(Cl)c(Cl)cc1Cl. The lowest BCUT2D eigenvalue weighted by Crippen LogP contribution is -2.21. The van der Waals surface area contributed by atoms with Crippen LogP contribution in [0.1, 0.15) is 0 Å². The molecule has 0 aliphatic carbocycles. The van der Waals surface area contributed by atoms with Crippen molar-refractivity contribution in [2.24, 2.45) is 0 Å². The minimum absolute atomic E-state index is 0.0224. The van der Waals surface area contributed by atoms with Crippen LogP contribution in [0.4, 0.5) is 11.4 Å². The molecule has 0 saturated carbocycles. The Morgan fingerprint density at radius 1 is 0.818 bits per heavy atom. The fraction of sp³-hybridized carbons (Fsp3) is 0.0714. The van der Waals surface area contributed by atoms with Gasteiger partial charge in [-0.15, -0.1) is 0 Å². The van der Waals surface area contributed by atoms with Gasteiger partial charge < -0.3 is 10.6 Å². The molecule has 2 aromatic rings. The number of benzene rings is 2. The number of nitrogens with one attached hydrogen (secondary N) is 2. The van der Waals surface area contributed by atoms with Gasteiger partial charge in [-0.05, 0) is 30.3 Å². The molecule has 0 atom stereocenters. The third-order valence-electron chi connectivity index (χ3n) is 2.66. The van der Waals surface area contributed by atoms with Gasteiger partial charge in [-0.25, -0.2) is 0 Å². The molecule has 1 amide bonds. The molecule has 0 aliphatic heterocycles. The van der Waals surface area contributed by atoms with Crippen LogP contribution in [0.3, 0.4) is 0 Å². The van der Waals surface area contributed by atoms with E-state index in [0.717, 1.165) is 0 Å². The molecule has 0 spiro atoms. The molecule has 2 aromatic carbocycles. The summed E-state index contributed by atoms with van der Waals surface area (Å²) in [6, 6.07) is 7.94. The van der Waals surface area contributed by atoms with Crippen molar-refractivity contribution in [2.45, 2.75) is 0 Å². The summed E-state index contributed by atoms with van der Waals surface area (Å²) in [5.74, 6) is -0.300. The van der Waals surface area contributed by atoms with Gasteiger partial charge in [-0.2, -0.15) is 0 Å². The molecule has 0 bridgehead atoms. The third-order valence-corrected chi connectivity index (χ3v) is 4.43. The lowest BCUT2D eigenvalue weighted by molar-refractivity contribution is -0.114. The molecular formula is C14H9Cl5N2O. The Balaban J connectivity index is 1.98. The van der Waals surface area contributed by atoms with Crippen molar-refractivity contribution in [1.82, 2.24) is 0 Å². The van der Waals surface area contributed by atoms with E-state index in [1.807, 2.05) is 0 Å². The Labute approximate surface area is 152 Å². The van der Waals surface area contributed by atoms with E-state index >= 15 is 0 Å². The topological polar surface area (TPSA) is 41.1 Å². The van der Waals surface area contributed by atoms with Gasteiger partial charge in [0.05, 0.1) is 37.3 Å². The number of anilines is 2. The van der Waals surface area contributed by atoms with Crippen LogP contribution in [0.25, 0.3) is 0 Å². The third kappa shape index (κ3) is 4.58. The molecule has 2 N–H and O–H groups in total. The first-order valence-corrected chi connectivity index (χ1v) is 7.89. The molecule has 0 aliphatic rings. The molecule has 8 heteroatoms. The number of hydrogen-bond donors (Lipinski definition) is 2. The van der Waals surface area contributed by atoms with Crippen LogP contribution in [0.2, 0.25) is 25.1 Å². The Bertz CT molecular complexity index is 721. The van der Waals surface area contributed by atoms with Crippen molar-refractivity contribution in [2.75, 3.05) is 17.2 Å². The van der Waals surface area contributed by atoms with Crippen LogP contribution in [0.15, 0.2) is 30.3 Å². The van der Waals surface area contributed by atoms with E-state index in [0.29, 0.717) is 36.5 Å². The minimum atomic E-state index is -0.300. The molecule has 0 aromatic heterocycles. The van der Waals surface area contributed by atoms with Crippen molar-refractivity contribution in [3.8, 4) is 0 Å².